The Morgan fingerprint density at radius 2 is 1.90 bits per heavy atom. The number of halogens is 1. The second-order valence-electron chi connectivity index (χ2n) is 4.18. The van der Waals surface area contributed by atoms with Gasteiger partial charge in [0.1, 0.15) is 17.3 Å². The molecule has 0 radical (unpaired) electrons. The molecule has 4 nitrogen and oxygen atoms in total. The summed E-state index contributed by atoms with van der Waals surface area (Å²) >= 11 is 0. The minimum absolute atomic E-state index is 0.210. The third-order valence-electron chi connectivity index (χ3n) is 2.80. The molecule has 0 saturated heterocycles. The Hall–Kier alpha value is -2.82. The van der Waals surface area contributed by atoms with Crippen molar-refractivity contribution >= 4 is 17.8 Å². The van der Waals surface area contributed by atoms with Crippen molar-refractivity contribution in [1.82, 2.24) is 10.3 Å². The van der Waals surface area contributed by atoms with Crippen molar-refractivity contribution in [2.45, 2.75) is 0 Å². The SMILES string of the molecule is O=C1NC(c2ccccc2F)=N/C1=C/c1ccccn1. The molecule has 0 fully saturated rings. The number of hydrogen-bond donors (Lipinski definition) is 1. The molecule has 1 amide bonds. The number of aliphatic imine (C=N–C) groups is 1. The highest BCUT2D eigenvalue weighted by molar-refractivity contribution is 6.19. The third kappa shape index (κ3) is 2.33. The van der Waals surface area contributed by atoms with E-state index in [0.717, 1.165) is 0 Å². The summed E-state index contributed by atoms with van der Waals surface area (Å²) in [7, 11) is 0. The maximum absolute atomic E-state index is 13.7. The summed E-state index contributed by atoms with van der Waals surface area (Å²) in [5, 5.41) is 2.56. The van der Waals surface area contributed by atoms with Crippen molar-refractivity contribution in [3.63, 3.8) is 0 Å². The van der Waals surface area contributed by atoms with E-state index in [-0.39, 0.29) is 23.0 Å². The van der Waals surface area contributed by atoms with Gasteiger partial charge in [-0.05, 0) is 30.3 Å². The number of amides is 1. The van der Waals surface area contributed by atoms with Crippen LogP contribution >= 0.6 is 0 Å². The number of pyridine rings is 1. The zero-order chi connectivity index (χ0) is 13.9. The van der Waals surface area contributed by atoms with Crippen LogP contribution in [0, 0.1) is 5.82 Å². The predicted molar refractivity (Wildman–Crippen MR) is 73.3 cm³/mol. The first-order valence-electron chi connectivity index (χ1n) is 6.02. The van der Waals surface area contributed by atoms with Crippen LogP contribution in [-0.2, 0) is 4.79 Å². The van der Waals surface area contributed by atoms with E-state index in [1.54, 1.807) is 42.6 Å². The Bertz CT molecular complexity index is 723. The van der Waals surface area contributed by atoms with Crippen LogP contribution in [0.15, 0.2) is 59.4 Å². The van der Waals surface area contributed by atoms with Crippen LogP contribution in [0.3, 0.4) is 0 Å². The lowest BCUT2D eigenvalue weighted by Crippen LogP contribution is -2.25. The van der Waals surface area contributed by atoms with Crippen molar-refractivity contribution in [1.29, 1.82) is 0 Å². The van der Waals surface area contributed by atoms with Crippen LogP contribution in [-0.4, -0.2) is 16.7 Å². The molecule has 2 heterocycles. The van der Waals surface area contributed by atoms with Gasteiger partial charge in [-0.15, -0.1) is 0 Å². The first-order valence-corrected chi connectivity index (χ1v) is 6.02. The van der Waals surface area contributed by atoms with E-state index < -0.39 is 5.82 Å². The van der Waals surface area contributed by atoms with Crippen molar-refractivity contribution in [2.75, 3.05) is 0 Å². The van der Waals surface area contributed by atoms with Gasteiger partial charge in [0.15, 0.2) is 0 Å². The van der Waals surface area contributed by atoms with Crippen LogP contribution in [0.2, 0.25) is 0 Å². The molecular formula is C15H10FN3O. The standard InChI is InChI=1S/C15H10FN3O/c16-12-7-2-1-6-11(12)14-18-13(15(20)19-14)9-10-5-3-4-8-17-10/h1-9H,(H,18,19,20)/b13-9+. The number of nitrogens with one attached hydrogen (secondary N) is 1. The Morgan fingerprint density at radius 3 is 2.65 bits per heavy atom. The van der Waals surface area contributed by atoms with Gasteiger partial charge in [0.05, 0.1) is 11.3 Å². The number of rotatable bonds is 2. The number of aromatic nitrogens is 1. The molecule has 1 N–H and O–H groups in total. The first kappa shape index (κ1) is 12.2. The fourth-order valence-corrected chi connectivity index (χ4v) is 1.85. The fourth-order valence-electron chi connectivity index (χ4n) is 1.85. The number of hydrogen-bond acceptors (Lipinski definition) is 3. The molecule has 3 rings (SSSR count). The van der Waals surface area contributed by atoms with E-state index in [2.05, 4.69) is 15.3 Å². The number of carbonyl (C=O) groups excluding carboxylic acids is 1. The minimum Gasteiger partial charge on any atom is -0.305 e. The Balaban J connectivity index is 1.98. The van der Waals surface area contributed by atoms with Gasteiger partial charge in [0.2, 0.25) is 0 Å². The molecule has 0 aliphatic carbocycles. The maximum atomic E-state index is 13.7. The molecule has 0 saturated carbocycles. The van der Waals surface area contributed by atoms with E-state index in [9.17, 15) is 9.18 Å². The van der Waals surface area contributed by atoms with E-state index in [4.69, 9.17) is 0 Å². The predicted octanol–water partition coefficient (Wildman–Crippen LogP) is 2.14. The molecule has 98 valence electrons. The lowest BCUT2D eigenvalue weighted by Gasteiger charge is -2.00. The van der Waals surface area contributed by atoms with Gasteiger partial charge in [0, 0.05) is 6.20 Å². The Morgan fingerprint density at radius 1 is 1.10 bits per heavy atom. The fraction of sp³-hybridized carbons (Fsp3) is 0. The molecule has 0 bridgehead atoms. The second-order valence-corrected chi connectivity index (χ2v) is 4.18. The molecule has 0 unspecified atom stereocenters. The number of benzene rings is 1. The normalized spacial score (nSPS) is 16.1. The van der Waals surface area contributed by atoms with Gasteiger partial charge in [-0.2, -0.15) is 0 Å². The summed E-state index contributed by atoms with van der Waals surface area (Å²) in [5.74, 6) is -0.574. The van der Waals surface area contributed by atoms with Crippen molar-refractivity contribution in [3.05, 3.63) is 71.4 Å². The molecular weight excluding hydrogens is 257 g/mol. The highest BCUT2D eigenvalue weighted by atomic mass is 19.1. The summed E-state index contributed by atoms with van der Waals surface area (Å²) in [4.78, 5) is 20.1. The topological polar surface area (TPSA) is 54.4 Å². The van der Waals surface area contributed by atoms with Gasteiger partial charge < -0.3 is 5.32 Å². The van der Waals surface area contributed by atoms with Crippen LogP contribution < -0.4 is 5.32 Å². The average molecular weight is 267 g/mol. The minimum atomic E-state index is -0.425. The molecule has 1 aromatic carbocycles. The highest BCUT2D eigenvalue weighted by Gasteiger charge is 2.22. The van der Waals surface area contributed by atoms with E-state index >= 15 is 0 Å². The molecule has 2 aromatic rings. The van der Waals surface area contributed by atoms with Crippen LogP contribution in [0.4, 0.5) is 4.39 Å². The second kappa shape index (κ2) is 5.05. The third-order valence-corrected chi connectivity index (χ3v) is 2.80. The Labute approximate surface area is 114 Å². The smallest absolute Gasteiger partial charge is 0.275 e. The van der Waals surface area contributed by atoms with Gasteiger partial charge >= 0.3 is 0 Å². The van der Waals surface area contributed by atoms with Gasteiger partial charge in [-0.25, -0.2) is 9.38 Å². The van der Waals surface area contributed by atoms with E-state index in [1.165, 1.54) is 6.07 Å². The zero-order valence-corrected chi connectivity index (χ0v) is 10.4. The molecule has 5 heteroatoms. The van der Waals surface area contributed by atoms with Crippen molar-refractivity contribution < 1.29 is 9.18 Å². The molecule has 20 heavy (non-hydrogen) atoms. The summed E-state index contributed by atoms with van der Waals surface area (Å²) in [6, 6.07) is 11.5. The lowest BCUT2D eigenvalue weighted by molar-refractivity contribution is -0.115. The van der Waals surface area contributed by atoms with Gasteiger partial charge in [0.25, 0.3) is 5.91 Å². The molecule has 1 aliphatic rings. The van der Waals surface area contributed by atoms with Gasteiger partial charge in [-0.1, -0.05) is 18.2 Å². The van der Waals surface area contributed by atoms with Crippen LogP contribution in [0.5, 0.6) is 0 Å². The van der Waals surface area contributed by atoms with E-state index in [0.29, 0.717) is 5.69 Å². The monoisotopic (exact) mass is 267 g/mol. The van der Waals surface area contributed by atoms with Crippen molar-refractivity contribution in [2.24, 2.45) is 4.99 Å². The highest BCUT2D eigenvalue weighted by Crippen LogP contribution is 2.15. The molecule has 0 atom stereocenters. The van der Waals surface area contributed by atoms with Crippen LogP contribution in [0.25, 0.3) is 6.08 Å². The van der Waals surface area contributed by atoms with E-state index in [1.807, 2.05) is 6.07 Å². The number of nitrogens with zero attached hydrogens (tertiary/aromatic N) is 2. The Kier molecular flexibility index (Phi) is 3.09. The zero-order valence-electron chi connectivity index (χ0n) is 10.4. The van der Waals surface area contributed by atoms with Gasteiger partial charge in [-0.3, -0.25) is 9.78 Å². The largest absolute Gasteiger partial charge is 0.305 e. The number of amidine groups is 1. The number of carbonyl (C=O) groups is 1. The summed E-state index contributed by atoms with van der Waals surface area (Å²) in [6.45, 7) is 0. The molecule has 1 aromatic heterocycles. The maximum Gasteiger partial charge on any atom is 0.275 e. The average Bonchev–Trinajstić information content (AvgIpc) is 2.81. The first-order chi connectivity index (χ1) is 9.74. The molecule has 1 aliphatic heterocycles. The van der Waals surface area contributed by atoms with Crippen molar-refractivity contribution in [3.8, 4) is 0 Å². The molecule has 0 spiro atoms. The van der Waals surface area contributed by atoms with Crippen LogP contribution in [0.1, 0.15) is 11.3 Å². The lowest BCUT2D eigenvalue weighted by atomic mass is 10.2. The quantitative estimate of drug-likeness (QED) is 0.847. The summed E-state index contributed by atoms with van der Waals surface area (Å²) < 4.78 is 13.7. The summed E-state index contributed by atoms with van der Waals surface area (Å²) in [6.07, 6.45) is 3.18. The summed E-state index contributed by atoms with van der Waals surface area (Å²) in [5.41, 5.74) is 1.10.